The molecule has 1 spiro atoms. The lowest BCUT2D eigenvalue weighted by Crippen LogP contribution is -2.32. The van der Waals surface area contributed by atoms with Crippen LogP contribution < -0.4 is 10.6 Å². The lowest BCUT2D eigenvalue weighted by molar-refractivity contribution is -0.119. The predicted molar refractivity (Wildman–Crippen MR) is 111 cm³/mol. The molecule has 0 unspecified atom stereocenters. The van der Waals surface area contributed by atoms with Crippen LogP contribution in [0.1, 0.15) is 36.9 Å². The maximum absolute atomic E-state index is 12.9. The fourth-order valence-electron chi connectivity index (χ4n) is 4.30. The molecule has 2 N–H and O–H groups in total. The van der Waals surface area contributed by atoms with Gasteiger partial charge in [0, 0.05) is 48.1 Å². The second-order valence-corrected chi connectivity index (χ2v) is 8.37. The summed E-state index contributed by atoms with van der Waals surface area (Å²) >= 11 is 0. The predicted octanol–water partition coefficient (Wildman–Crippen LogP) is 4.00. The van der Waals surface area contributed by atoms with Crippen LogP contribution in [-0.2, 0) is 11.3 Å². The standard InChI is InChI=1S/C22H22F2N6O/c1-13-6-14(8-17(7-13)27-21-25-5-2-18(28-21)20(23)24)15-10-26-30(11-15)12-16-9-19(31)29-22(16)3-4-22/h2,5-8,10-11,16,20H,3-4,9,12H2,1H3,(H,29,31)(H,25,27,28)/t16-/m0/s1. The Morgan fingerprint density at radius 1 is 1.29 bits per heavy atom. The van der Waals surface area contributed by atoms with Crippen molar-refractivity contribution in [2.45, 2.75) is 44.7 Å². The summed E-state index contributed by atoms with van der Waals surface area (Å²) in [4.78, 5) is 19.7. The first-order valence-electron chi connectivity index (χ1n) is 10.2. The smallest absolute Gasteiger partial charge is 0.280 e. The molecule has 3 aromatic rings. The van der Waals surface area contributed by atoms with Crippen molar-refractivity contribution < 1.29 is 13.6 Å². The molecule has 0 bridgehead atoms. The lowest BCUT2D eigenvalue weighted by atomic mass is 9.98. The summed E-state index contributed by atoms with van der Waals surface area (Å²) in [6, 6.07) is 7.05. The van der Waals surface area contributed by atoms with Crippen molar-refractivity contribution in [3.63, 3.8) is 0 Å². The van der Waals surface area contributed by atoms with Gasteiger partial charge in [-0.1, -0.05) is 6.07 Å². The molecule has 1 amide bonds. The minimum atomic E-state index is -2.65. The largest absolute Gasteiger partial charge is 0.350 e. The third-order valence-electron chi connectivity index (χ3n) is 6.00. The molecule has 31 heavy (non-hydrogen) atoms. The van der Waals surface area contributed by atoms with Crippen LogP contribution in [-0.4, -0.2) is 31.2 Å². The molecule has 2 aromatic heterocycles. The number of benzene rings is 1. The molecule has 2 aliphatic rings. The molecule has 2 fully saturated rings. The van der Waals surface area contributed by atoms with Crippen molar-refractivity contribution in [3.8, 4) is 11.1 Å². The molecule has 1 saturated heterocycles. The van der Waals surface area contributed by atoms with Crippen molar-refractivity contribution in [2.75, 3.05) is 5.32 Å². The number of aryl methyl sites for hydroxylation is 1. The average Bonchev–Trinajstić information content (AvgIpc) is 3.22. The van der Waals surface area contributed by atoms with E-state index in [4.69, 9.17) is 0 Å². The third-order valence-corrected chi connectivity index (χ3v) is 6.00. The Morgan fingerprint density at radius 2 is 2.13 bits per heavy atom. The fourth-order valence-corrected chi connectivity index (χ4v) is 4.30. The summed E-state index contributed by atoms with van der Waals surface area (Å²) in [7, 11) is 0. The molecule has 7 nitrogen and oxygen atoms in total. The van der Waals surface area contributed by atoms with Crippen LogP contribution in [0.15, 0.2) is 42.9 Å². The monoisotopic (exact) mass is 424 g/mol. The Morgan fingerprint density at radius 3 is 2.90 bits per heavy atom. The molecule has 1 aromatic carbocycles. The van der Waals surface area contributed by atoms with Gasteiger partial charge in [-0.2, -0.15) is 5.10 Å². The van der Waals surface area contributed by atoms with Crippen molar-refractivity contribution in [2.24, 2.45) is 5.92 Å². The van der Waals surface area contributed by atoms with Gasteiger partial charge in [0.1, 0.15) is 5.69 Å². The summed E-state index contributed by atoms with van der Waals surface area (Å²) in [5.41, 5.74) is 3.25. The number of alkyl halides is 2. The number of nitrogens with one attached hydrogen (secondary N) is 2. The molecule has 5 rings (SSSR count). The zero-order valence-electron chi connectivity index (χ0n) is 17.0. The number of nitrogens with zero attached hydrogens (tertiary/aromatic N) is 4. The molecule has 9 heteroatoms. The molecule has 160 valence electrons. The van der Waals surface area contributed by atoms with E-state index in [2.05, 4.69) is 25.7 Å². The van der Waals surface area contributed by atoms with E-state index in [-0.39, 0.29) is 29.0 Å². The summed E-state index contributed by atoms with van der Waals surface area (Å²) in [6.45, 7) is 2.66. The van der Waals surface area contributed by atoms with Gasteiger partial charge in [-0.25, -0.2) is 18.7 Å². The van der Waals surface area contributed by atoms with Crippen LogP contribution in [0.5, 0.6) is 0 Å². The van der Waals surface area contributed by atoms with Crippen LogP contribution in [0.3, 0.4) is 0 Å². The highest BCUT2D eigenvalue weighted by Crippen LogP contribution is 2.48. The number of halogens is 2. The van der Waals surface area contributed by atoms with E-state index in [0.29, 0.717) is 18.7 Å². The average molecular weight is 424 g/mol. The van der Waals surface area contributed by atoms with Crippen LogP contribution >= 0.6 is 0 Å². The maximum atomic E-state index is 12.9. The highest BCUT2D eigenvalue weighted by atomic mass is 19.3. The van der Waals surface area contributed by atoms with E-state index in [1.165, 1.54) is 12.3 Å². The molecule has 3 heterocycles. The van der Waals surface area contributed by atoms with E-state index >= 15 is 0 Å². The minimum Gasteiger partial charge on any atom is -0.350 e. The quantitative estimate of drug-likeness (QED) is 0.625. The molecule has 1 aliphatic carbocycles. The summed E-state index contributed by atoms with van der Waals surface area (Å²) < 4.78 is 27.7. The Bertz CT molecular complexity index is 1140. The topological polar surface area (TPSA) is 84.7 Å². The number of aromatic nitrogens is 4. The van der Waals surface area contributed by atoms with E-state index in [0.717, 1.165) is 29.5 Å². The number of hydrogen-bond acceptors (Lipinski definition) is 5. The van der Waals surface area contributed by atoms with E-state index in [9.17, 15) is 13.6 Å². The number of rotatable bonds is 6. The highest BCUT2D eigenvalue weighted by molar-refractivity contribution is 5.80. The van der Waals surface area contributed by atoms with Crippen LogP contribution in [0.2, 0.25) is 0 Å². The van der Waals surface area contributed by atoms with Crippen molar-refractivity contribution in [3.05, 3.63) is 54.1 Å². The molecule has 1 atom stereocenters. The number of carbonyl (C=O) groups excluding carboxylic acids is 1. The lowest BCUT2D eigenvalue weighted by Gasteiger charge is -2.17. The summed E-state index contributed by atoms with van der Waals surface area (Å²) in [6.07, 6.45) is 5.07. The van der Waals surface area contributed by atoms with Gasteiger partial charge in [-0.05, 0) is 49.1 Å². The van der Waals surface area contributed by atoms with Gasteiger partial charge in [-0.15, -0.1) is 0 Å². The Hall–Kier alpha value is -3.36. The number of carbonyl (C=O) groups is 1. The van der Waals surface area contributed by atoms with Gasteiger partial charge in [0.05, 0.1) is 6.20 Å². The Kier molecular flexibility index (Phi) is 4.68. The first-order chi connectivity index (χ1) is 14.9. The molecular weight excluding hydrogens is 402 g/mol. The number of amides is 1. The summed E-state index contributed by atoms with van der Waals surface area (Å²) in [5.74, 6) is 0.516. The van der Waals surface area contributed by atoms with E-state index < -0.39 is 6.43 Å². The van der Waals surface area contributed by atoms with Gasteiger partial charge >= 0.3 is 0 Å². The zero-order chi connectivity index (χ0) is 21.6. The van der Waals surface area contributed by atoms with Gasteiger partial charge in [-0.3, -0.25) is 9.48 Å². The second-order valence-electron chi connectivity index (χ2n) is 8.37. The maximum Gasteiger partial charge on any atom is 0.280 e. The Labute approximate surface area is 177 Å². The van der Waals surface area contributed by atoms with Crippen LogP contribution in [0.4, 0.5) is 20.4 Å². The van der Waals surface area contributed by atoms with Gasteiger partial charge in [0.25, 0.3) is 6.43 Å². The van der Waals surface area contributed by atoms with Crippen LogP contribution in [0, 0.1) is 12.8 Å². The Balaban J connectivity index is 1.35. The fraction of sp³-hybridized carbons (Fsp3) is 0.364. The second kappa shape index (κ2) is 7.40. The van der Waals surface area contributed by atoms with Crippen molar-refractivity contribution in [1.82, 2.24) is 25.1 Å². The van der Waals surface area contributed by atoms with Crippen molar-refractivity contribution in [1.29, 1.82) is 0 Å². The van der Waals surface area contributed by atoms with Gasteiger partial charge in [0.15, 0.2) is 0 Å². The SMILES string of the molecule is Cc1cc(Nc2nccc(C(F)F)n2)cc(-c2cnn(C[C@@H]3CC(=O)NC34CC4)c2)c1. The number of anilines is 2. The van der Waals surface area contributed by atoms with Crippen LogP contribution in [0.25, 0.3) is 11.1 Å². The first kappa shape index (κ1) is 19.6. The molecule has 0 radical (unpaired) electrons. The van der Waals surface area contributed by atoms with E-state index in [1.54, 1.807) is 6.20 Å². The highest BCUT2D eigenvalue weighted by Gasteiger charge is 2.55. The molecule has 1 saturated carbocycles. The number of hydrogen-bond donors (Lipinski definition) is 2. The normalized spacial score (nSPS) is 19.1. The first-order valence-corrected chi connectivity index (χ1v) is 10.2. The van der Waals surface area contributed by atoms with Crippen molar-refractivity contribution >= 4 is 17.5 Å². The third kappa shape index (κ3) is 3.99. The zero-order valence-corrected chi connectivity index (χ0v) is 17.0. The van der Waals surface area contributed by atoms with E-state index in [1.807, 2.05) is 36.0 Å². The van der Waals surface area contributed by atoms with Gasteiger partial charge < -0.3 is 10.6 Å². The van der Waals surface area contributed by atoms with Gasteiger partial charge in [0.2, 0.25) is 11.9 Å². The minimum absolute atomic E-state index is 0.0175. The molecular formula is C22H22F2N6O. The summed E-state index contributed by atoms with van der Waals surface area (Å²) in [5, 5.41) is 10.6. The molecule has 1 aliphatic heterocycles.